The molecule has 4 rings (SSSR count). The van der Waals surface area contributed by atoms with E-state index in [0.29, 0.717) is 10.3 Å². The molecular weight excluding hydrogens is 337 g/mol. The van der Waals surface area contributed by atoms with E-state index >= 15 is 0 Å². The van der Waals surface area contributed by atoms with Gasteiger partial charge < -0.3 is 19.7 Å². The van der Waals surface area contributed by atoms with Crippen molar-refractivity contribution in [3.8, 4) is 5.75 Å². The van der Waals surface area contributed by atoms with Gasteiger partial charge in [-0.3, -0.25) is 14.0 Å². The van der Waals surface area contributed by atoms with Crippen LogP contribution in [0, 0.1) is 5.82 Å². The van der Waals surface area contributed by atoms with Crippen molar-refractivity contribution < 1.29 is 14.2 Å². The first kappa shape index (κ1) is 15.2. The number of aliphatic hydroxyl groups is 1. The largest absolute Gasteiger partial charge is 0.487 e. The van der Waals surface area contributed by atoms with Crippen molar-refractivity contribution in [2.24, 2.45) is 0 Å². The molecule has 0 fully saturated rings. The number of pyridine rings is 1. The molecule has 1 aliphatic heterocycles. The summed E-state index contributed by atoms with van der Waals surface area (Å²) >= 11 is 1.08. The molecule has 9 heteroatoms. The van der Waals surface area contributed by atoms with E-state index in [9.17, 15) is 14.0 Å². The average molecular weight is 351 g/mol. The molecular formula is C15H14FN3O4S. The van der Waals surface area contributed by atoms with Crippen LogP contribution in [0.25, 0.3) is 21.1 Å². The van der Waals surface area contributed by atoms with Crippen LogP contribution in [-0.4, -0.2) is 33.8 Å². The third-order valence-electron chi connectivity index (χ3n) is 4.14. The quantitative estimate of drug-likeness (QED) is 0.663. The fourth-order valence-corrected chi connectivity index (χ4v) is 4.06. The van der Waals surface area contributed by atoms with Gasteiger partial charge in [-0.2, -0.15) is 0 Å². The first-order valence-corrected chi connectivity index (χ1v) is 8.25. The van der Waals surface area contributed by atoms with E-state index in [2.05, 4.69) is 9.69 Å². The summed E-state index contributed by atoms with van der Waals surface area (Å²) in [5, 5.41) is 11.9. The summed E-state index contributed by atoms with van der Waals surface area (Å²) in [7, 11) is 0. The van der Waals surface area contributed by atoms with Crippen molar-refractivity contribution >= 4 is 38.3 Å². The van der Waals surface area contributed by atoms with Gasteiger partial charge in [-0.05, 0) is 24.5 Å². The Morgan fingerprint density at radius 1 is 1.54 bits per heavy atom. The fourth-order valence-electron chi connectivity index (χ4n) is 3.11. The highest BCUT2D eigenvalue weighted by molar-refractivity contribution is 7.12. The number of hydrogen-bond acceptors (Lipinski definition) is 6. The van der Waals surface area contributed by atoms with Crippen LogP contribution in [0.1, 0.15) is 13.0 Å². The van der Waals surface area contributed by atoms with E-state index in [1.165, 1.54) is 0 Å². The number of anilines is 1. The lowest BCUT2D eigenvalue weighted by Crippen LogP contribution is -2.26. The number of halogens is 1. The highest BCUT2D eigenvalue weighted by Gasteiger charge is 2.29. The predicted molar refractivity (Wildman–Crippen MR) is 90.0 cm³/mol. The normalized spacial score (nSPS) is 16.5. The summed E-state index contributed by atoms with van der Waals surface area (Å²) in [4.78, 5) is 25.2. The molecule has 3 heterocycles. The minimum absolute atomic E-state index is 0.0441. The first-order chi connectivity index (χ1) is 11.5. The maximum Gasteiger partial charge on any atom is 0.271 e. The van der Waals surface area contributed by atoms with Gasteiger partial charge in [-0.15, -0.1) is 0 Å². The van der Waals surface area contributed by atoms with Gasteiger partial charge in [0.25, 0.3) is 5.56 Å². The molecule has 0 saturated carbocycles. The molecule has 1 atom stereocenters. The second-order valence-electron chi connectivity index (χ2n) is 5.68. The van der Waals surface area contributed by atoms with Gasteiger partial charge in [0.05, 0.1) is 23.6 Å². The Hall–Kier alpha value is -2.39. The standard InChI is InChI=1S/C15H14FN3O4S/c1-6-5-23-13-10(17-2-3-20)8(16)4-7-11(13)19(6)15-9(12(7)21)14(22)18-24-15/h4,6,17,20H,2-3,5H2,1H3,(H,18,22). The van der Waals surface area contributed by atoms with Crippen LogP contribution in [0.15, 0.2) is 15.7 Å². The van der Waals surface area contributed by atoms with Crippen molar-refractivity contribution in [3.63, 3.8) is 0 Å². The van der Waals surface area contributed by atoms with Gasteiger partial charge in [0.1, 0.15) is 22.5 Å². The lowest BCUT2D eigenvalue weighted by molar-refractivity contribution is 0.251. The number of H-pyrrole nitrogens is 1. The van der Waals surface area contributed by atoms with Gasteiger partial charge >= 0.3 is 0 Å². The summed E-state index contributed by atoms with van der Waals surface area (Å²) in [6.07, 6.45) is 0. The lowest BCUT2D eigenvalue weighted by atomic mass is 10.1. The summed E-state index contributed by atoms with van der Waals surface area (Å²) < 4.78 is 24.6. The van der Waals surface area contributed by atoms with Gasteiger partial charge in [0.15, 0.2) is 11.6 Å². The molecule has 0 amide bonds. The highest BCUT2D eigenvalue weighted by atomic mass is 32.1. The number of benzene rings is 1. The molecule has 0 bridgehead atoms. The maximum absolute atomic E-state index is 14.5. The lowest BCUT2D eigenvalue weighted by Gasteiger charge is -2.28. The Balaban J connectivity index is 2.22. The van der Waals surface area contributed by atoms with Crippen LogP contribution in [0.4, 0.5) is 10.1 Å². The molecule has 1 aliphatic rings. The third kappa shape index (κ3) is 1.91. The Labute approximate surface area is 138 Å². The Morgan fingerprint density at radius 2 is 2.33 bits per heavy atom. The molecule has 3 aromatic rings. The summed E-state index contributed by atoms with van der Waals surface area (Å²) in [6.45, 7) is 2.17. The average Bonchev–Trinajstić information content (AvgIpc) is 2.94. The van der Waals surface area contributed by atoms with Crippen LogP contribution in [-0.2, 0) is 0 Å². The molecule has 2 aromatic heterocycles. The van der Waals surface area contributed by atoms with Crippen LogP contribution in [0.3, 0.4) is 0 Å². The number of aliphatic hydroxyl groups excluding tert-OH is 1. The molecule has 0 saturated heterocycles. The smallest absolute Gasteiger partial charge is 0.271 e. The van der Waals surface area contributed by atoms with Gasteiger partial charge in [-0.1, -0.05) is 0 Å². The van der Waals surface area contributed by atoms with Crippen molar-refractivity contribution in [1.29, 1.82) is 0 Å². The number of fused-ring (bicyclic) bond motifs is 2. The predicted octanol–water partition coefficient (Wildman–Crippen LogP) is 1.40. The summed E-state index contributed by atoms with van der Waals surface area (Å²) in [5.74, 6) is -0.424. The Bertz CT molecular complexity index is 1080. The van der Waals surface area contributed by atoms with Gasteiger partial charge in [0, 0.05) is 6.54 Å². The maximum atomic E-state index is 14.5. The zero-order valence-electron chi connectivity index (χ0n) is 12.7. The zero-order valence-corrected chi connectivity index (χ0v) is 13.5. The molecule has 0 radical (unpaired) electrons. The van der Waals surface area contributed by atoms with E-state index in [4.69, 9.17) is 9.84 Å². The number of aromatic amines is 1. The van der Waals surface area contributed by atoms with Crippen LogP contribution < -0.4 is 21.0 Å². The number of nitrogens with zero attached hydrogens (tertiary/aromatic N) is 1. The number of hydrogen-bond donors (Lipinski definition) is 3. The van der Waals surface area contributed by atoms with E-state index in [0.717, 1.165) is 17.6 Å². The summed E-state index contributed by atoms with van der Waals surface area (Å²) in [6, 6.07) is 1.00. The van der Waals surface area contributed by atoms with Gasteiger partial charge in [0.2, 0.25) is 5.43 Å². The molecule has 7 nitrogen and oxygen atoms in total. The molecule has 0 aliphatic carbocycles. The molecule has 126 valence electrons. The fraction of sp³-hybridized carbons (Fsp3) is 0.333. The van der Waals surface area contributed by atoms with Crippen LogP contribution in [0.5, 0.6) is 5.75 Å². The third-order valence-corrected chi connectivity index (χ3v) is 5.02. The monoisotopic (exact) mass is 351 g/mol. The molecule has 1 aromatic carbocycles. The Kier molecular flexibility index (Phi) is 3.36. The van der Waals surface area contributed by atoms with Gasteiger partial charge in [-0.25, -0.2) is 4.39 Å². The molecule has 3 N–H and O–H groups in total. The van der Waals surface area contributed by atoms with E-state index < -0.39 is 16.8 Å². The van der Waals surface area contributed by atoms with E-state index in [1.807, 2.05) is 11.5 Å². The first-order valence-electron chi connectivity index (χ1n) is 7.44. The van der Waals surface area contributed by atoms with Crippen LogP contribution in [0.2, 0.25) is 0 Å². The van der Waals surface area contributed by atoms with Crippen molar-refractivity contribution in [2.45, 2.75) is 13.0 Å². The van der Waals surface area contributed by atoms with Crippen molar-refractivity contribution in [1.82, 2.24) is 8.94 Å². The van der Waals surface area contributed by atoms with E-state index in [-0.39, 0.29) is 48.0 Å². The molecule has 24 heavy (non-hydrogen) atoms. The molecule has 0 spiro atoms. The van der Waals surface area contributed by atoms with E-state index in [1.54, 1.807) is 0 Å². The second-order valence-corrected chi connectivity index (χ2v) is 6.48. The number of nitrogens with one attached hydrogen (secondary N) is 2. The zero-order chi connectivity index (χ0) is 17.0. The van der Waals surface area contributed by atoms with Crippen molar-refractivity contribution in [3.05, 3.63) is 32.5 Å². The minimum Gasteiger partial charge on any atom is -0.487 e. The number of ether oxygens (including phenoxy) is 1. The topological polar surface area (TPSA) is 96.3 Å². The highest BCUT2D eigenvalue weighted by Crippen LogP contribution is 2.41. The molecule has 1 unspecified atom stereocenters. The van der Waals surface area contributed by atoms with Crippen molar-refractivity contribution in [2.75, 3.05) is 25.1 Å². The van der Waals surface area contributed by atoms with Crippen LogP contribution >= 0.6 is 11.5 Å². The Morgan fingerprint density at radius 3 is 3.08 bits per heavy atom. The second kappa shape index (κ2) is 5.32. The summed E-state index contributed by atoms with van der Waals surface area (Å²) in [5.41, 5.74) is -0.402. The number of aromatic nitrogens is 2. The SMILES string of the molecule is CC1COc2c(NCCO)c(F)cc3c(=O)c4c(=O)[nH]sc4n1c23. The minimum atomic E-state index is -0.657. The number of rotatable bonds is 3.